The molecule has 0 radical (unpaired) electrons. The van der Waals surface area contributed by atoms with Gasteiger partial charge in [-0.25, -0.2) is 0 Å². The van der Waals surface area contributed by atoms with E-state index in [0.717, 1.165) is 5.56 Å². The Morgan fingerprint density at radius 3 is 2.38 bits per heavy atom. The highest BCUT2D eigenvalue weighted by Crippen LogP contribution is 2.21. The lowest BCUT2D eigenvalue weighted by Gasteiger charge is -2.20. The van der Waals surface area contributed by atoms with Crippen LogP contribution in [0.3, 0.4) is 0 Å². The number of rotatable bonds is 8. The maximum atomic E-state index is 12.1. The molecule has 1 aromatic carbocycles. The van der Waals surface area contributed by atoms with Gasteiger partial charge < -0.3 is 15.2 Å². The zero-order valence-corrected chi connectivity index (χ0v) is 12.2. The summed E-state index contributed by atoms with van der Waals surface area (Å²) in [6.07, 6.45) is -6.13. The molecule has 6 heteroatoms. The van der Waals surface area contributed by atoms with Gasteiger partial charge in [-0.05, 0) is 19.4 Å². The molecule has 0 aliphatic heterocycles. The molecular formula is C15H22F3NO2. The molecule has 21 heavy (non-hydrogen) atoms. The fraction of sp³-hybridized carbons (Fsp3) is 0.600. The summed E-state index contributed by atoms with van der Waals surface area (Å²) in [6, 6.07) is 8.79. The molecule has 3 unspecified atom stereocenters. The van der Waals surface area contributed by atoms with Gasteiger partial charge in [0, 0.05) is 12.6 Å². The molecule has 1 aromatic rings. The predicted octanol–water partition coefficient (Wildman–Crippen LogP) is 3.06. The molecule has 0 aliphatic rings. The summed E-state index contributed by atoms with van der Waals surface area (Å²) in [5.74, 6) is 0. The Morgan fingerprint density at radius 1 is 1.19 bits per heavy atom. The number of hydrogen-bond acceptors (Lipinski definition) is 3. The molecule has 0 bridgehead atoms. The van der Waals surface area contributed by atoms with Gasteiger partial charge >= 0.3 is 6.18 Å². The number of ether oxygens (including phenoxy) is 1. The second-order valence-electron chi connectivity index (χ2n) is 5.17. The van der Waals surface area contributed by atoms with Crippen LogP contribution in [0.2, 0.25) is 0 Å². The zero-order valence-electron chi connectivity index (χ0n) is 12.2. The topological polar surface area (TPSA) is 41.5 Å². The maximum Gasteiger partial charge on any atom is 0.390 e. The smallest absolute Gasteiger partial charge is 0.389 e. The number of halogens is 3. The van der Waals surface area contributed by atoms with E-state index in [1.54, 1.807) is 0 Å². The van der Waals surface area contributed by atoms with Gasteiger partial charge in [0.2, 0.25) is 0 Å². The number of aliphatic hydroxyl groups is 1. The van der Waals surface area contributed by atoms with Gasteiger partial charge in [-0.1, -0.05) is 30.3 Å². The second-order valence-corrected chi connectivity index (χ2v) is 5.17. The molecule has 1 rings (SSSR count). The van der Waals surface area contributed by atoms with E-state index in [0.29, 0.717) is 0 Å². The molecule has 120 valence electrons. The van der Waals surface area contributed by atoms with E-state index in [1.807, 2.05) is 37.3 Å². The van der Waals surface area contributed by atoms with Crippen LogP contribution in [0.1, 0.15) is 31.9 Å². The van der Waals surface area contributed by atoms with E-state index in [1.165, 1.54) is 6.92 Å². The fourth-order valence-corrected chi connectivity index (χ4v) is 1.89. The van der Waals surface area contributed by atoms with Crippen LogP contribution in [-0.4, -0.2) is 36.6 Å². The first-order valence-corrected chi connectivity index (χ1v) is 6.92. The van der Waals surface area contributed by atoms with Crippen molar-refractivity contribution in [2.45, 2.75) is 44.7 Å². The Labute approximate surface area is 123 Å². The lowest BCUT2D eigenvalue weighted by molar-refractivity contribution is -0.139. The van der Waals surface area contributed by atoms with E-state index in [9.17, 15) is 18.3 Å². The molecule has 0 saturated carbocycles. The molecule has 0 spiro atoms. The number of aliphatic hydroxyl groups excluding tert-OH is 1. The molecule has 0 fully saturated rings. The van der Waals surface area contributed by atoms with Crippen molar-refractivity contribution in [1.29, 1.82) is 0 Å². The SMILES string of the molecule is CC(CC(F)(F)F)NCC(O)COC(C)c1ccccc1. The van der Waals surface area contributed by atoms with Crippen LogP contribution in [0, 0.1) is 0 Å². The Balaban J connectivity index is 2.23. The normalized spacial score (nSPS) is 16.5. The number of nitrogens with one attached hydrogen (secondary N) is 1. The van der Waals surface area contributed by atoms with Gasteiger partial charge in [0.05, 0.1) is 25.2 Å². The predicted molar refractivity (Wildman–Crippen MR) is 75.0 cm³/mol. The minimum Gasteiger partial charge on any atom is -0.389 e. The highest BCUT2D eigenvalue weighted by Gasteiger charge is 2.29. The lowest BCUT2D eigenvalue weighted by atomic mass is 10.1. The van der Waals surface area contributed by atoms with Crippen molar-refractivity contribution in [3.05, 3.63) is 35.9 Å². The minimum absolute atomic E-state index is 0.0682. The third-order valence-corrected chi connectivity index (χ3v) is 3.05. The van der Waals surface area contributed by atoms with Crippen molar-refractivity contribution in [3.63, 3.8) is 0 Å². The summed E-state index contributed by atoms with van der Waals surface area (Å²) >= 11 is 0. The van der Waals surface area contributed by atoms with Crippen LogP contribution < -0.4 is 5.32 Å². The van der Waals surface area contributed by atoms with Crippen LogP contribution in [0.5, 0.6) is 0 Å². The van der Waals surface area contributed by atoms with E-state index in [-0.39, 0.29) is 19.3 Å². The Hall–Kier alpha value is -1.11. The highest BCUT2D eigenvalue weighted by molar-refractivity contribution is 5.16. The quantitative estimate of drug-likeness (QED) is 0.775. The molecule has 0 aromatic heterocycles. The van der Waals surface area contributed by atoms with Crippen molar-refractivity contribution in [2.75, 3.05) is 13.2 Å². The third kappa shape index (κ3) is 8.04. The molecule has 0 saturated heterocycles. The first-order valence-electron chi connectivity index (χ1n) is 6.92. The molecule has 0 amide bonds. The van der Waals surface area contributed by atoms with Crippen molar-refractivity contribution < 1.29 is 23.0 Å². The molecule has 2 N–H and O–H groups in total. The van der Waals surface area contributed by atoms with Crippen LogP contribution in [0.25, 0.3) is 0 Å². The van der Waals surface area contributed by atoms with Crippen molar-refractivity contribution in [2.24, 2.45) is 0 Å². The summed E-state index contributed by atoms with van der Waals surface area (Å²) < 4.78 is 41.9. The maximum absolute atomic E-state index is 12.1. The summed E-state index contributed by atoms with van der Waals surface area (Å²) in [7, 11) is 0. The van der Waals surface area contributed by atoms with Gasteiger partial charge in [-0.15, -0.1) is 0 Å². The monoisotopic (exact) mass is 305 g/mol. The van der Waals surface area contributed by atoms with Gasteiger partial charge in [0.25, 0.3) is 0 Å². The molecule has 0 aliphatic carbocycles. The van der Waals surface area contributed by atoms with Crippen LogP contribution in [0.4, 0.5) is 13.2 Å². The van der Waals surface area contributed by atoms with Crippen LogP contribution in [-0.2, 0) is 4.74 Å². The van der Waals surface area contributed by atoms with Gasteiger partial charge in [-0.2, -0.15) is 13.2 Å². The molecular weight excluding hydrogens is 283 g/mol. The molecule has 3 atom stereocenters. The average Bonchev–Trinajstić information content (AvgIpc) is 2.41. The van der Waals surface area contributed by atoms with Gasteiger partial charge in [0.1, 0.15) is 0 Å². The summed E-state index contributed by atoms with van der Waals surface area (Å²) in [6.45, 7) is 3.44. The van der Waals surface area contributed by atoms with Crippen molar-refractivity contribution >= 4 is 0 Å². The van der Waals surface area contributed by atoms with Crippen molar-refractivity contribution in [3.8, 4) is 0 Å². The summed E-state index contributed by atoms with van der Waals surface area (Å²) in [4.78, 5) is 0. The Bertz CT molecular complexity index is 398. The van der Waals surface area contributed by atoms with E-state index < -0.39 is 24.7 Å². The first kappa shape index (κ1) is 17.9. The highest BCUT2D eigenvalue weighted by atomic mass is 19.4. The fourth-order valence-electron chi connectivity index (χ4n) is 1.89. The summed E-state index contributed by atoms with van der Waals surface area (Å²) in [5.41, 5.74) is 0.989. The average molecular weight is 305 g/mol. The minimum atomic E-state index is -4.20. The number of alkyl halides is 3. The largest absolute Gasteiger partial charge is 0.390 e. The number of benzene rings is 1. The Kier molecular flexibility index (Phi) is 7.14. The molecule has 0 heterocycles. The number of hydrogen-bond donors (Lipinski definition) is 2. The van der Waals surface area contributed by atoms with Gasteiger partial charge in [0.15, 0.2) is 0 Å². The zero-order chi connectivity index (χ0) is 15.9. The van der Waals surface area contributed by atoms with Crippen LogP contribution in [0.15, 0.2) is 30.3 Å². The Morgan fingerprint density at radius 2 is 1.81 bits per heavy atom. The lowest BCUT2D eigenvalue weighted by Crippen LogP contribution is -2.38. The van der Waals surface area contributed by atoms with Crippen molar-refractivity contribution in [1.82, 2.24) is 5.32 Å². The first-order chi connectivity index (χ1) is 9.78. The van der Waals surface area contributed by atoms with E-state index in [2.05, 4.69) is 5.32 Å². The standard InChI is InChI=1S/C15H22F3NO2/c1-11(8-15(16,17)18)19-9-14(20)10-21-12(2)13-6-4-3-5-7-13/h3-7,11-12,14,19-20H,8-10H2,1-2H3. The van der Waals surface area contributed by atoms with Gasteiger partial charge in [-0.3, -0.25) is 0 Å². The van der Waals surface area contributed by atoms with E-state index >= 15 is 0 Å². The van der Waals surface area contributed by atoms with Crippen LogP contribution >= 0.6 is 0 Å². The summed E-state index contributed by atoms with van der Waals surface area (Å²) in [5, 5.41) is 12.4. The third-order valence-electron chi connectivity index (χ3n) is 3.05. The molecule has 3 nitrogen and oxygen atoms in total. The van der Waals surface area contributed by atoms with E-state index in [4.69, 9.17) is 4.74 Å². The second kappa shape index (κ2) is 8.36.